The molecule has 0 aliphatic carbocycles. The Kier molecular flexibility index (Phi) is 7.53. The Morgan fingerprint density at radius 2 is 1.87 bits per heavy atom. The molecule has 1 aliphatic rings. The number of nitrogens with zero attached hydrogens (tertiary/aromatic N) is 1. The van der Waals surface area contributed by atoms with Gasteiger partial charge in [-0.05, 0) is 23.6 Å². The molecule has 3 rings (SSSR count). The van der Waals surface area contributed by atoms with Gasteiger partial charge >= 0.3 is 6.36 Å². The van der Waals surface area contributed by atoms with Gasteiger partial charge in [0, 0.05) is 25.8 Å². The maximum Gasteiger partial charge on any atom is 0.573 e. The molecule has 0 spiro atoms. The largest absolute Gasteiger partial charge is 0.573 e. The molecule has 0 bridgehead atoms. The number of benzene rings is 2. The maximum absolute atomic E-state index is 13.0. The molecule has 0 saturated carbocycles. The lowest BCUT2D eigenvalue weighted by Gasteiger charge is -2.38. The number of hydrogen-bond acceptors (Lipinski definition) is 5. The van der Waals surface area contributed by atoms with Crippen LogP contribution in [0.1, 0.15) is 22.7 Å². The fourth-order valence-corrected chi connectivity index (χ4v) is 3.79. The highest BCUT2D eigenvalue weighted by Crippen LogP contribution is 2.40. The van der Waals surface area contributed by atoms with E-state index in [1.807, 2.05) is 18.2 Å². The summed E-state index contributed by atoms with van der Waals surface area (Å²) in [4.78, 5) is 14.6. The van der Waals surface area contributed by atoms with Crippen molar-refractivity contribution in [2.24, 2.45) is 0 Å². The smallest absolute Gasteiger partial charge is 0.405 e. The second-order valence-electron chi connectivity index (χ2n) is 7.26. The quantitative estimate of drug-likeness (QED) is 0.663. The van der Waals surface area contributed by atoms with E-state index in [1.54, 1.807) is 23.1 Å². The highest BCUT2D eigenvalue weighted by molar-refractivity contribution is 5.80. The number of alkyl halides is 3. The number of carbonyl (C=O) groups excluding carboxylic acids is 1. The number of halogens is 3. The van der Waals surface area contributed by atoms with Gasteiger partial charge in [-0.15, -0.1) is 13.2 Å². The van der Waals surface area contributed by atoms with Crippen LogP contribution in [0.2, 0.25) is 0 Å². The zero-order valence-electron chi connectivity index (χ0n) is 17.1. The molecule has 9 heteroatoms. The number of rotatable bonds is 8. The molecular formula is C22H25F3N2O4. The molecule has 2 atom stereocenters. The highest BCUT2D eigenvalue weighted by Gasteiger charge is 2.37. The average molecular weight is 438 g/mol. The van der Waals surface area contributed by atoms with Crippen LogP contribution >= 0.6 is 0 Å². The first kappa shape index (κ1) is 23.1. The van der Waals surface area contributed by atoms with E-state index in [0.29, 0.717) is 13.0 Å². The van der Waals surface area contributed by atoms with Gasteiger partial charge in [0.15, 0.2) is 0 Å². The molecule has 0 saturated heterocycles. The second kappa shape index (κ2) is 10.1. The van der Waals surface area contributed by atoms with Crippen molar-refractivity contribution < 1.29 is 32.5 Å². The summed E-state index contributed by atoms with van der Waals surface area (Å²) in [7, 11) is 1.46. The van der Waals surface area contributed by atoms with E-state index in [4.69, 9.17) is 4.74 Å². The molecule has 6 nitrogen and oxygen atoms in total. The monoisotopic (exact) mass is 438 g/mol. The maximum atomic E-state index is 13.0. The molecule has 168 valence electrons. The molecule has 2 N–H and O–H groups in total. The van der Waals surface area contributed by atoms with Crippen molar-refractivity contribution >= 4 is 5.91 Å². The molecule has 0 aromatic heterocycles. The second-order valence-corrected chi connectivity index (χ2v) is 7.26. The van der Waals surface area contributed by atoms with Crippen LogP contribution in [0.25, 0.3) is 0 Å². The molecule has 2 aromatic carbocycles. The zero-order chi connectivity index (χ0) is 22.4. The summed E-state index contributed by atoms with van der Waals surface area (Å²) >= 11 is 0. The minimum absolute atomic E-state index is 0.0677. The van der Waals surface area contributed by atoms with Gasteiger partial charge in [-0.25, -0.2) is 0 Å². The Balaban J connectivity index is 1.90. The Hall–Kier alpha value is -2.62. The van der Waals surface area contributed by atoms with Crippen LogP contribution < -0.4 is 10.1 Å². The van der Waals surface area contributed by atoms with Crippen LogP contribution in [0.15, 0.2) is 48.5 Å². The fraction of sp³-hybridized carbons (Fsp3) is 0.409. The molecule has 1 heterocycles. The first-order valence-corrected chi connectivity index (χ1v) is 9.90. The Morgan fingerprint density at radius 1 is 1.19 bits per heavy atom. The van der Waals surface area contributed by atoms with Crippen molar-refractivity contribution in [1.82, 2.24) is 10.2 Å². The van der Waals surface area contributed by atoms with Crippen LogP contribution in [0.4, 0.5) is 13.2 Å². The van der Waals surface area contributed by atoms with Crippen molar-refractivity contribution in [3.05, 3.63) is 65.2 Å². The summed E-state index contributed by atoms with van der Waals surface area (Å²) in [6, 6.07) is 12.6. The number of fused-ring (bicyclic) bond motifs is 1. The van der Waals surface area contributed by atoms with Crippen LogP contribution in [0.5, 0.6) is 5.75 Å². The molecule has 0 radical (unpaired) electrons. The number of aliphatic hydroxyl groups excluding tert-OH is 1. The van der Waals surface area contributed by atoms with Crippen molar-refractivity contribution in [1.29, 1.82) is 0 Å². The van der Waals surface area contributed by atoms with Crippen molar-refractivity contribution in [3.8, 4) is 5.75 Å². The van der Waals surface area contributed by atoms with Gasteiger partial charge in [-0.2, -0.15) is 0 Å². The molecule has 1 aliphatic heterocycles. The van der Waals surface area contributed by atoms with Gasteiger partial charge in [0.25, 0.3) is 0 Å². The van der Waals surface area contributed by atoms with Crippen molar-refractivity contribution in [2.75, 3.05) is 33.4 Å². The third kappa shape index (κ3) is 5.96. The first-order chi connectivity index (χ1) is 14.8. The summed E-state index contributed by atoms with van der Waals surface area (Å²) in [5.74, 6) is -0.621. The summed E-state index contributed by atoms with van der Waals surface area (Å²) in [5.41, 5.74) is 2.00. The Bertz CT molecular complexity index is 891. The summed E-state index contributed by atoms with van der Waals surface area (Å²) in [6.07, 6.45) is -5.03. The first-order valence-electron chi connectivity index (χ1n) is 9.90. The lowest BCUT2D eigenvalue weighted by Crippen LogP contribution is -2.46. The number of aliphatic hydroxyl groups is 1. The number of methoxy groups -OCH3 is 1. The SMILES string of the molecule is COCC(O)CNCC(=O)N1CCc2ccccc2C1c1ccccc1OC(F)(F)F. The lowest BCUT2D eigenvalue weighted by atomic mass is 9.87. The number of para-hydroxylation sites is 1. The van der Waals surface area contributed by atoms with Gasteiger partial charge in [0.2, 0.25) is 5.91 Å². The number of carbonyl (C=O) groups is 1. The van der Waals surface area contributed by atoms with E-state index in [0.717, 1.165) is 11.1 Å². The molecular weight excluding hydrogens is 413 g/mol. The molecule has 2 unspecified atom stereocenters. The van der Waals surface area contributed by atoms with E-state index >= 15 is 0 Å². The van der Waals surface area contributed by atoms with E-state index in [-0.39, 0.29) is 36.9 Å². The van der Waals surface area contributed by atoms with Crippen molar-refractivity contribution in [3.63, 3.8) is 0 Å². The molecule has 2 aromatic rings. The van der Waals surface area contributed by atoms with Crippen molar-refractivity contribution in [2.45, 2.75) is 24.9 Å². The van der Waals surface area contributed by atoms with Gasteiger partial charge in [0.1, 0.15) is 5.75 Å². The predicted molar refractivity (Wildman–Crippen MR) is 108 cm³/mol. The number of amides is 1. The van der Waals surface area contributed by atoms with E-state index in [2.05, 4.69) is 10.1 Å². The van der Waals surface area contributed by atoms with Gasteiger partial charge < -0.3 is 24.8 Å². The molecule has 31 heavy (non-hydrogen) atoms. The summed E-state index contributed by atoms with van der Waals surface area (Å²) in [5, 5.41) is 12.6. The third-order valence-electron chi connectivity index (χ3n) is 5.06. The fourth-order valence-electron chi connectivity index (χ4n) is 3.79. The normalized spacial score (nSPS) is 17.2. The van der Waals surface area contributed by atoms with Crippen LogP contribution in [-0.4, -0.2) is 61.7 Å². The summed E-state index contributed by atoms with van der Waals surface area (Å²) < 4.78 is 48.1. The molecule has 1 amide bonds. The van der Waals surface area contributed by atoms with E-state index in [9.17, 15) is 23.1 Å². The number of ether oxygens (including phenoxy) is 2. The Labute approximate surface area is 178 Å². The van der Waals surface area contributed by atoms with Crippen LogP contribution in [0, 0.1) is 0 Å². The number of hydrogen-bond donors (Lipinski definition) is 2. The Morgan fingerprint density at radius 3 is 2.58 bits per heavy atom. The number of nitrogens with one attached hydrogen (secondary N) is 1. The third-order valence-corrected chi connectivity index (χ3v) is 5.06. The molecule has 0 fully saturated rings. The van der Waals surface area contributed by atoms with Gasteiger partial charge in [-0.1, -0.05) is 42.5 Å². The predicted octanol–water partition coefficient (Wildman–Crippen LogP) is 2.66. The minimum Gasteiger partial charge on any atom is -0.405 e. The average Bonchev–Trinajstić information content (AvgIpc) is 2.72. The lowest BCUT2D eigenvalue weighted by molar-refractivity contribution is -0.275. The topological polar surface area (TPSA) is 71.0 Å². The minimum atomic E-state index is -4.85. The standard InChI is InChI=1S/C22H25F3N2O4/c1-30-14-16(28)12-26-13-20(29)27-11-10-15-6-2-3-7-17(15)21(27)18-8-4-5-9-19(18)31-22(23,24)25/h2-9,16,21,26,28H,10-14H2,1H3. The van der Waals surface area contributed by atoms with Crippen LogP contribution in [-0.2, 0) is 16.0 Å². The van der Waals surface area contributed by atoms with E-state index in [1.165, 1.54) is 19.2 Å². The van der Waals surface area contributed by atoms with Gasteiger partial charge in [0.05, 0.1) is 25.3 Å². The highest BCUT2D eigenvalue weighted by atomic mass is 19.4. The van der Waals surface area contributed by atoms with Crippen LogP contribution in [0.3, 0.4) is 0 Å². The van der Waals surface area contributed by atoms with E-state index < -0.39 is 18.5 Å². The summed E-state index contributed by atoms with van der Waals surface area (Å²) in [6.45, 7) is 0.566. The van der Waals surface area contributed by atoms with Gasteiger partial charge in [-0.3, -0.25) is 4.79 Å². The zero-order valence-corrected chi connectivity index (χ0v) is 17.1.